The van der Waals surface area contributed by atoms with E-state index in [2.05, 4.69) is 66.8 Å². The molecule has 1 heterocycles. The maximum Gasteiger partial charge on any atom is 0.239 e. The van der Waals surface area contributed by atoms with Crippen LogP contribution in [0.1, 0.15) is 75.0 Å². The van der Waals surface area contributed by atoms with Crippen LogP contribution in [0, 0.1) is 12.8 Å². The zero-order valence-electron chi connectivity index (χ0n) is 26.4. The van der Waals surface area contributed by atoms with Crippen molar-refractivity contribution in [1.82, 2.24) is 14.7 Å². The minimum atomic E-state index is -2.33. The molecule has 0 aliphatic heterocycles. The van der Waals surface area contributed by atoms with Crippen molar-refractivity contribution < 1.29 is 8.78 Å². The van der Waals surface area contributed by atoms with Crippen LogP contribution in [0.15, 0.2) is 85.4 Å². The van der Waals surface area contributed by atoms with Crippen molar-refractivity contribution in [1.29, 1.82) is 0 Å². The van der Waals surface area contributed by atoms with Crippen LogP contribution < -0.4 is 5.32 Å². The number of halogens is 2. The monoisotopic (exact) mass is 586 g/mol. The van der Waals surface area contributed by atoms with Gasteiger partial charge in [0, 0.05) is 49.7 Å². The van der Waals surface area contributed by atoms with Gasteiger partial charge in [-0.05, 0) is 72.6 Å². The van der Waals surface area contributed by atoms with E-state index in [1.54, 1.807) is 6.08 Å². The third kappa shape index (κ3) is 8.68. The van der Waals surface area contributed by atoms with E-state index >= 15 is 0 Å². The molecule has 4 nitrogen and oxygen atoms in total. The molecule has 1 atom stereocenters. The predicted molar refractivity (Wildman–Crippen MR) is 178 cm³/mol. The molecule has 3 aromatic rings. The van der Waals surface area contributed by atoms with E-state index in [-0.39, 0.29) is 12.5 Å². The van der Waals surface area contributed by atoms with Crippen molar-refractivity contribution in [2.45, 2.75) is 84.1 Å². The highest BCUT2D eigenvalue weighted by Crippen LogP contribution is 2.34. The number of anilines is 1. The molecule has 0 spiro atoms. The van der Waals surface area contributed by atoms with Crippen molar-refractivity contribution >= 4 is 22.2 Å². The van der Waals surface area contributed by atoms with E-state index in [9.17, 15) is 8.78 Å². The Balaban J connectivity index is 1.66. The van der Waals surface area contributed by atoms with E-state index in [1.165, 1.54) is 32.1 Å². The number of nitrogens with zero attached hydrogens (tertiary/aromatic N) is 3. The molecule has 1 aliphatic carbocycles. The second-order valence-electron chi connectivity index (χ2n) is 12.1. The van der Waals surface area contributed by atoms with Gasteiger partial charge in [0.1, 0.15) is 0 Å². The molecule has 0 bridgehead atoms. The average Bonchev–Trinajstić information content (AvgIpc) is 3.36. The highest BCUT2D eigenvalue weighted by molar-refractivity contribution is 5.83. The summed E-state index contributed by atoms with van der Waals surface area (Å²) in [6.45, 7) is 12.7. The van der Waals surface area contributed by atoms with Crippen LogP contribution in [-0.2, 0) is 13.5 Å². The van der Waals surface area contributed by atoms with Crippen LogP contribution in [-0.4, -0.2) is 34.2 Å². The largest absolute Gasteiger partial charge is 0.372 e. The van der Waals surface area contributed by atoms with Crippen molar-refractivity contribution in [3.63, 3.8) is 0 Å². The van der Waals surface area contributed by atoms with Gasteiger partial charge in [-0.3, -0.25) is 4.68 Å². The number of hydrogen-bond acceptors (Lipinski definition) is 3. The Morgan fingerprint density at radius 3 is 2.63 bits per heavy atom. The topological polar surface area (TPSA) is 33.1 Å². The molecular weight excluding hydrogens is 538 g/mol. The van der Waals surface area contributed by atoms with E-state index in [0.29, 0.717) is 12.3 Å². The number of nitrogens with one attached hydrogen (secondary N) is 1. The van der Waals surface area contributed by atoms with Gasteiger partial charge in [-0.1, -0.05) is 88.1 Å². The first kappa shape index (κ1) is 32.2. The standard InChI is InChI=1S/C37H48F2N4/c1-7-12-33(34-21-26(3)15-16-30(34)17-20-37(38)39)29(8-2)24-42(5)36(22-28-13-10-9-11-14-28)27(4)40-32-18-19-35-31(23-32)25-43(6)41-35/h7,12,15-16,18-19,21,23-25,28,36-37,40H,1,4,8-11,13-14,17,20,22H2,2-3,5-6H3/b29-24-,33-12+. The Labute approximate surface area is 256 Å². The number of allylic oxidation sites excluding steroid dienone is 4. The maximum atomic E-state index is 13.2. The van der Waals surface area contributed by atoms with Crippen LogP contribution in [0.5, 0.6) is 0 Å². The van der Waals surface area contributed by atoms with Crippen LogP contribution in [0.3, 0.4) is 0 Å². The van der Waals surface area contributed by atoms with Crippen molar-refractivity contribution in [3.05, 3.63) is 102 Å². The molecule has 1 aliphatic rings. The molecule has 43 heavy (non-hydrogen) atoms. The quantitative estimate of drug-likeness (QED) is 0.191. The molecular formula is C37H48F2N4. The van der Waals surface area contributed by atoms with E-state index in [1.807, 2.05) is 49.1 Å². The fraction of sp³-hybridized carbons (Fsp3) is 0.432. The fourth-order valence-corrected chi connectivity index (χ4v) is 6.39. The molecule has 230 valence electrons. The second kappa shape index (κ2) is 15.2. The number of alkyl halides is 2. The first-order valence-corrected chi connectivity index (χ1v) is 15.7. The minimum Gasteiger partial charge on any atom is -0.372 e. The molecule has 1 fully saturated rings. The van der Waals surface area contributed by atoms with Gasteiger partial charge in [-0.2, -0.15) is 5.10 Å². The summed E-state index contributed by atoms with van der Waals surface area (Å²) in [6, 6.07) is 12.4. The lowest BCUT2D eigenvalue weighted by atomic mass is 9.84. The lowest BCUT2D eigenvalue weighted by Crippen LogP contribution is -2.34. The lowest BCUT2D eigenvalue weighted by Gasteiger charge is -2.34. The van der Waals surface area contributed by atoms with Gasteiger partial charge in [-0.15, -0.1) is 0 Å². The van der Waals surface area contributed by atoms with Crippen LogP contribution in [0.25, 0.3) is 16.5 Å². The van der Waals surface area contributed by atoms with Crippen molar-refractivity contribution in [3.8, 4) is 0 Å². The zero-order chi connectivity index (χ0) is 30.9. The molecule has 1 saturated carbocycles. The second-order valence-corrected chi connectivity index (χ2v) is 12.1. The number of benzene rings is 2. The highest BCUT2D eigenvalue weighted by Gasteiger charge is 2.24. The number of aromatic nitrogens is 2. The Hall–Kier alpha value is -3.67. The maximum absolute atomic E-state index is 13.2. The minimum absolute atomic E-state index is 0.0787. The number of aryl methyl sites for hydroxylation is 3. The van der Waals surface area contributed by atoms with E-state index < -0.39 is 6.43 Å². The molecule has 0 radical (unpaired) electrons. The first-order chi connectivity index (χ1) is 20.7. The molecule has 6 heteroatoms. The number of rotatable bonds is 14. The summed E-state index contributed by atoms with van der Waals surface area (Å²) in [6.07, 6.45) is 14.2. The Morgan fingerprint density at radius 2 is 1.93 bits per heavy atom. The number of likely N-dealkylation sites (N-methyl/N-ethyl adjacent to an activating group) is 1. The number of hydrogen-bond donors (Lipinski definition) is 1. The Kier molecular flexibility index (Phi) is 11.4. The molecule has 2 aromatic carbocycles. The SMILES string of the molecule is C=C/C=C(\C(=C/N(C)C(CC1CCCCC1)C(=C)Nc1ccc2nn(C)cc2c1)CC)c1cc(C)ccc1CCC(F)F. The summed E-state index contributed by atoms with van der Waals surface area (Å²) in [5.41, 5.74) is 8.17. The van der Waals surface area contributed by atoms with Gasteiger partial charge in [0.15, 0.2) is 0 Å². The third-order valence-corrected chi connectivity index (χ3v) is 8.66. The van der Waals surface area contributed by atoms with Crippen LogP contribution >= 0.6 is 0 Å². The summed E-state index contributed by atoms with van der Waals surface area (Å²) in [5, 5.41) is 9.22. The molecule has 1 N–H and O–H groups in total. The summed E-state index contributed by atoms with van der Waals surface area (Å²) in [5.74, 6) is 0.653. The first-order valence-electron chi connectivity index (χ1n) is 15.7. The summed E-state index contributed by atoms with van der Waals surface area (Å²) in [7, 11) is 4.08. The van der Waals surface area contributed by atoms with Gasteiger partial charge in [0.25, 0.3) is 0 Å². The fourth-order valence-electron chi connectivity index (χ4n) is 6.39. The van der Waals surface area contributed by atoms with E-state index in [0.717, 1.165) is 63.0 Å². The molecule has 0 saturated heterocycles. The van der Waals surface area contributed by atoms with Gasteiger partial charge >= 0.3 is 0 Å². The third-order valence-electron chi connectivity index (χ3n) is 8.66. The van der Waals surface area contributed by atoms with E-state index in [4.69, 9.17) is 0 Å². The molecule has 4 rings (SSSR count). The van der Waals surface area contributed by atoms with Crippen molar-refractivity contribution in [2.24, 2.45) is 13.0 Å². The van der Waals surface area contributed by atoms with Gasteiger partial charge < -0.3 is 10.2 Å². The summed E-state index contributed by atoms with van der Waals surface area (Å²) < 4.78 is 28.2. The molecule has 1 aromatic heterocycles. The Bertz CT molecular complexity index is 1460. The van der Waals surface area contributed by atoms with Crippen LogP contribution in [0.2, 0.25) is 0 Å². The zero-order valence-corrected chi connectivity index (χ0v) is 26.4. The van der Waals surface area contributed by atoms with Gasteiger partial charge in [0.2, 0.25) is 6.43 Å². The van der Waals surface area contributed by atoms with Gasteiger partial charge in [-0.25, -0.2) is 8.78 Å². The molecule has 0 amide bonds. The lowest BCUT2D eigenvalue weighted by molar-refractivity contribution is 0.138. The highest BCUT2D eigenvalue weighted by atomic mass is 19.3. The number of fused-ring (bicyclic) bond motifs is 1. The average molecular weight is 587 g/mol. The Morgan fingerprint density at radius 1 is 1.16 bits per heavy atom. The predicted octanol–water partition coefficient (Wildman–Crippen LogP) is 9.84. The van der Waals surface area contributed by atoms with Crippen LogP contribution in [0.4, 0.5) is 14.5 Å². The normalized spacial score (nSPS) is 15.6. The summed E-state index contributed by atoms with van der Waals surface area (Å²) in [4.78, 5) is 2.30. The molecule has 1 unspecified atom stereocenters. The smallest absolute Gasteiger partial charge is 0.239 e. The van der Waals surface area contributed by atoms with Crippen molar-refractivity contribution in [2.75, 3.05) is 12.4 Å². The summed E-state index contributed by atoms with van der Waals surface area (Å²) >= 11 is 0. The van der Waals surface area contributed by atoms with Gasteiger partial charge in [0.05, 0.1) is 11.6 Å².